The lowest BCUT2D eigenvalue weighted by atomic mass is 10.2. The number of nitrogens with zero attached hydrogens (tertiary/aromatic N) is 1. The second-order valence-corrected chi connectivity index (χ2v) is 5.45. The normalized spacial score (nSPS) is 15.3. The molecule has 4 rings (SSSR count). The Hall–Kier alpha value is -3.54. The second-order valence-electron chi connectivity index (χ2n) is 5.45. The van der Waals surface area contributed by atoms with Crippen LogP contribution in [0.3, 0.4) is 0 Å². The van der Waals surface area contributed by atoms with Gasteiger partial charge in [-0.25, -0.2) is 4.98 Å². The molecule has 3 aromatic rings. The number of ketones is 1. The Morgan fingerprint density at radius 2 is 2.12 bits per heavy atom. The number of anilines is 1. The van der Waals surface area contributed by atoms with E-state index in [0.717, 1.165) is 22.3 Å². The molecule has 2 N–H and O–H groups in total. The Balaban J connectivity index is 1.58. The largest absolute Gasteiger partial charge is 0.495 e. The summed E-state index contributed by atoms with van der Waals surface area (Å²) < 4.78 is 11.0. The van der Waals surface area contributed by atoms with Gasteiger partial charge >= 0.3 is 0 Å². The number of hydrogen-bond acceptors (Lipinski definition) is 5. The van der Waals surface area contributed by atoms with Crippen LogP contribution in [0.15, 0.2) is 66.5 Å². The molecule has 6 heteroatoms. The number of aromatic amines is 1. The molecular formula is C19H15N3O3. The number of ether oxygens (including phenoxy) is 2. The molecule has 0 unspecified atom stereocenters. The van der Waals surface area contributed by atoms with Crippen molar-refractivity contribution in [3.05, 3.63) is 72.1 Å². The number of allylic oxidation sites excluding steroid dienone is 1. The number of nitrogens with one attached hydrogen (secondary N) is 2. The third-order valence-electron chi connectivity index (χ3n) is 3.86. The molecular weight excluding hydrogens is 318 g/mol. The molecule has 0 saturated carbocycles. The van der Waals surface area contributed by atoms with Crippen LogP contribution in [0.1, 0.15) is 5.56 Å². The van der Waals surface area contributed by atoms with Crippen molar-refractivity contribution in [2.75, 3.05) is 12.4 Å². The average Bonchev–Trinajstić information content (AvgIpc) is 3.20. The predicted octanol–water partition coefficient (Wildman–Crippen LogP) is 3.47. The maximum Gasteiger partial charge on any atom is 0.226 e. The van der Waals surface area contributed by atoms with Gasteiger partial charge in [-0.05, 0) is 30.3 Å². The number of fused-ring (bicyclic) bond motifs is 1. The molecule has 25 heavy (non-hydrogen) atoms. The van der Waals surface area contributed by atoms with E-state index in [4.69, 9.17) is 9.47 Å². The Morgan fingerprint density at radius 3 is 3.00 bits per heavy atom. The molecule has 2 aromatic heterocycles. The van der Waals surface area contributed by atoms with Crippen LogP contribution in [0.25, 0.3) is 17.1 Å². The van der Waals surface area contributed by atoms with Crippen LogP contribution in [0, 0.1) is 0 Å². The van der Waals surface area contributed by atoms with E-state index in [1.807, 2.05) is 36.4 Å². The van der Waals surface area contributed by atoms with Gasteiger partial charge in [-0.1, -0.05) is 12.1 Å². The van der Waals surface area contributed by atoms with Gasteiger partial charge in [0.2, 0.25) is 11.7 Å². The van der Waals surface area contributed by atoms with Gasteiger partial charge in [0, 0.05) is 23.3 Å². The summed E-state index contributed by atoms with van der Waals surface area (Å²) in [4.78, 5) is 19.5. The summed E-state index contributed by atoms with van der Waals surface area (Å²) in [7, 11) is 1.59. The van der Waals surface area contributed by atoms with E-state index in [2.05, 4.69) is 15.3 Å². The van der Waals surface area contributed by atoms with Crippen molar-refractivity contribution in [2.45, 2.75) is 0 Å². The standard InChI is InChI=1S/C19H15N3O3/c1-24-16-7-3-2-6-14(16)22-18-10-15(23)17(25-18)9-12-11-21-19-13(12)5-4-8-20-19/h2-11,22H,1H3,(H,20,21)/b17-9+. The molecule has 1 aliphatic heterocycles. The van der Waals surface area contributed by atoms with Gasteiger partial charge in [0.1, 0.15) is 11.4 Å². The molecule has 124 valence electrons. The van der Waals surface area contributed by atoms with Crippen molar-refractivity contribution in [1.29, 1.82) is 0 Å². The van der Waals surface area contributed by atoms with E-state index >= 15 is 0 Å². The summed E-state index contributed by atoms with van der Waals surface area (Å²) >= 11 is 0. The predicted molar refractivity (Wildman–Crippen MR) is 94.9 cm³/mol. The number of carbonyl (C=O) groups is 1. The molecule has 0 amide bonds. The van der Waals surface area contributed by atoms with Gasteiger partial charge in [-0.15, -0.1) is 0 Å². The van der Waals surface area contributed by atoms with Gasteiger partial charge in [0.05, 0.1) is 18.9 Å². The van der Waals surface area contributed by atoms with Gasteiger partial charge in [-0.3, -0.25) is 4.79 Å². The summed E-state index contributed by atoms with van der Waals surface area (Å²) in [5.41, 5.74) is 2.33. The van der Waals surface area contributed by atoms with Crippen molar-refractivity contribution >= 4 is 28.6 Å². The highest BCUT2D eigenvalue weighted by Gasteiger charge is 2.22. The quantitative estimate of drug-likeness (QED) is 0.715. The molecule has 0 spiro atoms. The molecule has 1 aliphatic rings. The Kier molecular flexibility index (Phi) is 3.70. The summed E-state index contributed by atoms with van der Waals surface area (Å²) in [6.45, 7) is 0. The monoisotopic (exact) mass is 333 g/mol. The van der Waals surface area contributed by atoms with Crippen LogP contribution in [-0.2, 0) is 9.53 Å². The lowest BCUT2D eigenvalue weighted by Gasteiger charge is -2.11. The van der Waals surface area contributed by atoms with Crippen molar-refractivity contribution in [1.82, 2.24) is 9.97 Å². The number of carbonyl (C=O) groups excluding carboxylic acids is 1. The van der Waals surface area contributed by atoms with Crippen LogP contribution in [-0.4, -0.2) is 22.9 Å². The number of benzene rings is 1. The molecule has 3 heterocycles. The topological polar surface area (TPSA) is 76.2 Å². The molecule has 0 atom stereocenters. The van der Waals surface area contributed by atoms with E-state index < -0.39 is 0 Å². The van der Waals surface area contributed by atoms with Crippen molar-refractivity contribution in [2.24, 2.45) is 0 Å². The highest BCUT2D eigenvalue weighted by Crippen LogP contribution is 2.28. The van der Waals surface area contributed by atoms with Crippen molar-refractivity contribution < 1.29 is 14.3 Å². The number of methoxy groups -OCH3 is 1. The van der Waals surface area contributed by atoms with Gasteiger partial charge < -0.3 is 19.8 Å². The maximum atomic E-state index is 12.2. The number of para-hydroxylation sites is 2. The minimum absolute atomic E-state index is 0.198. The highest BCUT2D eigenvalue weighted by molar-refractivity contribution is 6.09. The van der Waals surface area contributed by atoms with Crippen molar-refractivity contribution in [3.8, 4) is 5.75 Å². The smallest absolute Gasteiger partial charge is 0.226 e. The zero-order valence-electron chi connectivity index (χ0n) is 13.4. The summed E-state index contributed by atoms with van der Waals surface area (Å²) in [6, 6.07) is 11.2. The Labute approximate surface area is 143 Å². The number of hydrogen-bond donors (Lipinski definition) is 2. The first-order chi connectivity index (χ1) is 12.2. The molecule has 0 radical (unpaired) electrons. The Bertz CT molecular complexity index is 1020. The Morgan fingerprint density at radius 1 is 1.24 bits per heavy atom. The summed E-state index contributed by atoms with van der Waals surface area (Å²) in [6.07, 6.45) is 6.64. The van der Waals surface area contributed by atoms with E-state index in [9.17, 15) is 4.79 Å². The number of pyridine rings is 1. The zero-order chi connectivity index (χ0) is 17.2. The second kappa shape index (κ2) is 6.16. The van der Waals surface area contributed by atoms with Gasteiger partial charge in [-0.2, -0.15) is 0 Å². The molecule has 0 bridgehead atoms. The lowest BCUT2D eigenvalue weighted by Crippen LogP contribution is -2.01. The first kappa shape index (κ1) is 15.0. The van der Waals surface area contributed by atoms with Crippen LogP contribution in [0.4, 0.5) is 5.69 Å². The fourth-order valence-electron chi connectivity index (χ4n) is 2.67. The third kappa shape index (κ3) is 2.85. The number of aromatic nitrogens is 2. The number of H-pyrrole nitrogens is 1. The molecule has 0 fully saturated rings. The minimum atomic E-state index is -0.198. The van der Waals surface area contributed by atoms with Crippen LogP contribution in [0.5, 0.6) is 5.75 Å². The molecule has 6 nitrogen and oxygen atoms in total. The molecule has 0 aliphatic carbocycles. The SMILES string of the molecule is COc1ccccc1NC1=CC(=O)/C(=C\c2c[nH]c3ncccc23)O1. The first-order valence-electron chi connectivity index (χ1n) is 7.72. The highest BCUT2D eigenvalue weighted by atomic mass is 16.5. The van der Waals surface area contributed by atoms with Gasteiger partial charge in [0.15, 0.2) is 5.76 Å². The van der Waals surface area contributed by atoms with E-state index in [-0.39, 0.29) is 11.5 Å². The van der Waals surface area contributed by atoms with Crippen LogP contribution >= 0.6 is 0 Å². The molecule has 1 aromatic carbocycles. The van der Waals surface area contributed by atoms with E-state index in [0.29, 0.717) is 11.6 Å². The maximum absolute atomic E-state index is 12.2. The van der Waals surface area contributed by atoms with E-state index in [1.165, 1.54) is 6.08 Å². The van der Waals surface area contributed by atoms with Crippen LogP contribution in [0.2, 0.25) is 0 Å². The fourth-order valence-corrected chi connectivity index (χ4v) is 2.67. The van der Waals surface area contributed by atoms with Gasteiger partial charge in [0.25, 0.3) is 0 Å². The number of rotatable bonds is 4. The van der Waals surface area contributed by atoms with E-state index in [1.54, 1.807) is 25.6 Å². The molecule has 0 saturated heterocycles. The lowest BCUT2D eigenvalue weighted by molar-refractivity contribution is -0.112. The minimum Gasteiger partial charge on any atom is -0.495 e. The third-order valence-corrected chi connectivity index (χ3v) is 3.86. The van der Waals surface area contributed by atoms with Crippen LogP contribution < -0.4 is 10.1 Å². The zero-order valence-corrected chi connectivity index (χ0v) is 13.4. The van der Waals surface area contributed by atoms with Crippen molar-refractivity contribution in [3.63, 3.8) is 0 Å². The average molecular weight is 333 g/mol. The summed E-state index contributed by atoms with van der Waals surface area (Å²) in [5.74, 6) is 1.08. The first-order valence-corrected chi connectivity index (χ1v) is 7.72. The fraction of sp³-hybridized carbons (Fsp3) is 0.0526. The summed E-state index contributed by atoms with van der Waals surface area (Å²) in [5, 5.41) is 4.00.